The molecule has 0 aliphatic carbocycles. The fourth-order valence-electron chi connectivity index (χ4n) is 5.69. The lowest BCUT2D eigenvalue weighted by Crippen LogP contribution is -2.53. The lowest BCUT2D eigenvalue weighted by atomic mass is 10.2. The number of unbranched alkanes of at least 4 members (excludes halogenated alkanes) is 12. The molecule has 0 spiro atoms. The van der Waals surface area contributed by atoms with Gasteiger partial charge in [0, 0.05) is 19.6 Å². The maximum absolute atomic E-state index is 14.8. The van der Waals surface area contributed by atoms with E-state index in [0.717, 1.165) is 115 Å². The van der Waals surface area contributed by atoms with Gasteiger partial charge in [0.25, 0.3) is 0 Å². The SMILES string of the molecule is CCCC[P+](CCCC)(CCCC)C(=O)N(CCCCCCN=C=O)C(=O)N(CCCCCCN=C=O)C(=O)NCCCCCCN=C=O. The van der Waals surface area contributed by atoms with E-state index in [1.54, 1.807) is 18.2 Å². The molecule has 0 bridgehead atoms. The number of carbonyl (C=O) groups is 3. The van der Waals surface area contributed by atoms with Crippen LogP contribution in [0.5, 0.6) is 0 Å². The Labute approximate surface area is 295 Å². The molecule has 13 heteroatoms. The second-order valence-corrected chi connectivity index (χ2v) is 16.7. The lowest BCUT2D eigenvalue weighted by Gasteiger charge is -2.33. The number of nitrogens with one attached hydrogen (secondary N) is 1. The largest absolute Gasteiger partial charge is 0.369 e. The normalized spacial score (nSPS) is 10.8. The van der Waals surface area contributed by atoms with Crippen LogP contribution >= 0.6 is 7.26 Å². The molecule has 49 heavy (non-hydrogen) atoms. The molecule has 0 aromatic heterocycles. The summed E-state index contributed by atoms with van der Waals surface area (Å²) in [4.78, 5) is 87.4. The predicted octanol–water partition coefficient (Wildman–Crippen LogP) is 8.65. The van der Waals surface area contributed by atoms with Crippen molar-refractivity contribution >= 4 is 43.2 Å². The Hall–Kier alpha value is -3.02. The first-order chi connectivity index (χ1) is 23.9. The Balaban J connectivity index is 6.20. The molecule has 1 N–H and O–H groups in total. The number of rotatable bonds is 31. The van der Waals surface area contributed by atoms with Gasteiger partial charge in [0.2, 0.25) is 18.2 Å². The van der Waals surface area contributed by atoms with Gasteiger partial charge in [-0.25, -0.2) is 53.5 Å². The van der Waals surface area contributed by atoms with E-state index < -0.39 is 19.3 Å². The van der Waals surface area contributed by atoms with E-state index >= 15 is 0 Å². The van der Waals surface area contributed by atoms with Gasteiger partial charge in [-0.15, -0.1) is 0 Å². The Morgan fingerprint density at radius 2 is 0.918 bits per heavy atom. The van der Waals surface area contributed by atoms with Crippen LogP contribution in [-0.2, 0) is 14.4 Å². The molecule has 0 aromatic carbocycles. The lowest BCUT2D eigenvalue weighted by molar-refractivity contribution is 0.159. The minimum atomic E-state index is -2.20. The molecule has 0 heterocycles. The number of aliphatic imine (C=N–C) groups is 3. The molecule has 0 aromatic rings. The highest BCUT2D eigenvalue weighted by Gasteiger charge is 2.49. The minimum Gasteiger partial charge on any atom is -0.338 e. The number of hydrogen-bond acceptors (Lipinski definition) is 9. The first-order valence-corrected chi connectivity index (χ1v) is 21.1. The van der Waals surface area contributed by atoms with Gasteiger partial charge in [0.05, 0.1) is 38.1 Å². The Kier molecular flexibility index (Phi) is 30.2. The third-order valence-electron chi connectivity index (χ3n) is 8.63. The molecule has 5 amide bonds. The molecule has 0 aliphatic rings. The molecule has 0 rings (SSSR count). The number of hydrogen-bond donors (Lipinski definition) is 1. The monoisotopic (exact) mass is 707 g/mol. The van der Waals surface area contributed by atoms with Gasteiger partial charge in [0.15, 0.2) is 0 Å². The van der Waals surface area contributed by atoms with Crippen LogP contribution in [0.15, 0.2) is 15.0 Å². The van der Waals surface area contributed by atoms with Gasteiger partial charge in [-0.3, -0.25) is 0 Å². The average molecular weight is 708 g/mol. The van der Waals surface area contributed by atoms with Gasteiger partial charge >= 0.3 is 17.7 Å². The van der Waals surface area contributed by atoms with Crippen LogP contribution < -0.4 is 5.32 Å². The van der Waals surface area contributed by atoms with E-state index in [4.69, 9.17) is 0 Å². The van der Waals surface area contributed by atoms with E-state index in [0.29, 0.717) is 45.4 Å². The summed E-state index contributed by atoms with van der Waals surface area (Å²) in [7, 11) is -2.20. The Bertz CT molecular complexity index is 1030. The first-order valence-electron chi connectivity index (χ1n) is 18.8. The summed E-state index contributed by atoms with van der Waals surface area (Å²) >= 11 is 0. The molecule has 0 unspecified atom stereocenters. The zero-order chi connectivity index (χ0) is 36.4. The van der Waals surface area contributed by atoms with Crippen molar-refractivity contribution in [2.75, 3.05) is 57.8 Å². The predicted molar refractivity (Wildman–Crippen MR) is 198 cm³/mol. The number of carbonyl (C=O) groups excluding carboxylic acids is 6. The number of amides is 5. The summed E-state index contributed by atoms with van der Waals surface area (Å²) in [5.41, 5.74) is -0.0547. The second kappa shape index (κ2) is 32.2. The van der Waals surface area contributed by atoms with Crippen LogP contribution in [0.2, 0.25) is 0 Å². The van der Waals surface area contributed by atoms with Gasteiger partial charge < -0.3 is 5.32 Å². The first kappa shape index (κ1) is 46.0. The molecule has 0 saturated carbocycles. The minimum absolute atomic E-state index is 0.0547. The molecule has 0 saturated heterocycles. The smallest absolute Gasteiger partial charge is 0.338 e. The highest BCUT2D eigenvalue weighted by atomic mass is 31.2. The van der Waals surface area contributed by atoms with Crippen molar-refractivity contribution in [3.63, 3.8) is 0 Å². The van der Waals surface area contributed by atoms with Crippen molar-refractivity contribution in [2.24, 2.45) is 15.0 Å². The maximum Gasteiger partial charge on any atom is 0.369 e. The second-order valence-electron chi connectivity index (χ2n) is 12.6. The van der Waals surface area contributed by atoms with Crippen molar-refractivity contribution in [2.45, 2.75) is 136 Å². The van der Waals surface area contributed by atoms with E-state index in [1.165, 1.54) is 9.80 Å². The third-order valence-corrected chi connectivity index (χ3v) is 13.2. The van der Waals surface area contributed by atoms with Gasteiger partial charge in [-0.1, -0.05) is 78.6 Å². The fraction of sp³-hybridized carbons (Fsp3) is 0.833. The molecule has 0 atom stereocenters. The highest BCUT2D eigenvalue weighted by molar-refractivity contribution is 7.90. The van der Waals surface area contributed by atoms with Crippen LogP contribution in [0, 0.1) is 0 Å². The quantitative estimate of drug-likeness (QED) is 0.0329. The molecular formula is C36H64N6O6P+. The molecule has 0 fully saturated rings. The zero-order valence-electron chi connectivity index (χ0n) is 30.7. The van der Waals surface area contributed by atoms with Crippen molar-refractivity contribution in [1.29, 1.82) is 0 Å². The molecule has 12 nitrogen and oxygen atoms in total. The standard InChI is InChI=1S/C36H63N6O6P/c1-4-7-28-49(29-8-5-2,30-9-6-3)36(48)42(27-21-15-13-18-24-39-33-45)35(47)41(26-20-14-12-17-23-38-32-44)34(46)40-25-19-11-10-16-22-37-31-43/h4-30H2,1-3H3/p+1. The van der Waals surface area contributed by atoms with E-state index in [1.807, 2.05) is 0 Å². The number of imide groups is 2. The van der Waals surface area contributed by atoms with Crippen molar-refractivity contribution in [3.05, 3.63) is 0 Å². The number of isocyanates is 3. The summed E-state index contributed by atoms with van der Waals surface area (Å²) in [5.74, 6) is 0. The van der Waals surface area contributed by atoms with Gasteiger partial charge in [-0.2, -0.15) is 0 Å². The third kappa shape index (κ3) is 21.6. The van der Waals surface area contributed by atoms with Crippen LogP contribution in [0.1, 0.15) is 136 Å². The van der Waals surface area contributed by atoms with E-state index in [-0.39, 0.29) is 18.7 Å². The number of nitrogens with zero attached hydrogens (tertiary/aromatic N) is 5. The summed E-state index contributed by atoms with van der Waals surface area (Å²) < 4.78 is 0. The van der Waals surface area contributed by atoms with Crippen LogP contribution in [0.3, 0.4) is 0 Å². The summed E-state index contributed by atoms with van der Waals surface area (Å²) in [5, 5.41) is 2.92. The average Bonchev–Trinajstić information content (AvgIpc) is 3.11. The topological polar surface area (TPSA) is 158 Å². The van der Waals surface area contributed by atoms with Crippen LogP contribution in [-0.4, -0.2) is 104 Å². The van der Waals surface area contributed by atoms with Gasteiger partial charge in [0.1, 0.15) is 7.26 Å². The van der Waals surface area contributed by atoms with Crippen LogP contribution in [0.4, 0.5) is 14.4 Å². The van der Waals surface area contributed by atoms with Crippen molar-refractivity contribution in [1.82, 2.24) is 15.1 Å². The van der Waals surface area contributed by atoms with Gasteiger partial charge in [-0.05, 0) is 57.8 Å². The van der Waals surface area contributed by atoms with Crippen molar-refractivity contribution < 1.29 is 28.8 Å². The Morgan fingerprint density at radius 1 is 0.531 bits per heavy atom. The summed E-state index contributed by atoms with van der Waals surface area (Å²) in [6.07, 6.45) is 21.8. The maximum atomic E-state index is 14.8. The van der Waals surface area contributed by atoms with E-state index in [2.05, 4.69) is 41.1 Å². The molecular weight excluding hydrogens is 643 g/mol. The van der Waals surface area contributed by atoms with E-state index in [9.17, 15) is 28.8 Å². The number of urea groups is 2. The van der Waals surface area contributed by atoms with Crippen molar-refractivity contribution in [3.8, 4) is 0 Å². The molecule has 0 radical (unpaired) electrons. The molecule has 0 aliphatic heterocycles. The summed E-state index contributed by atoms with van der Waals surface area (Å²) in [6, 6.07) is -1.04. The fourth-order valence-corrected chi connectivity index (χ4v) is 10.4. The summed E-state index contributed by atoms with van der Waals surface area (Å²) in [6.45, 7) is 8.47. The Morgan fingerprint density at radius 3 is 1.33 bits per heavy atom. The van der Waals surface area contributed by atoms with Crippen LogP contribution in [0.25, 0.3) is 0 Å². The zero-order valence-corrected chi connectivity index (χ0v) is 31.6. The highest BCUT2D eigenvalue weighted by Crippen LogP contribution is 2.62. The molecule has 278 valence electrons.